The van der Waals surface area contributed by atoms with Crippen molar-refractivity contribution in [2.75, 3.05) is 18.8 Å². The van der Waals surface area contributed by atoms with Crippen molar-refractivity contribution in [1.82, 2.24) is 15.0 Å². The summed E-state index contributed by atoms with van der Waals surface area (Å²) >= 11 is 5.82. The molecule has 2 heterocycles. The molecule has 9 heteroatoms. The van der Waals surface area contributed by atoms with Gasteiger partial charge in [-0.05, 0) is 30.2 Å². The molecule has 0 saturated heterocycles. The Balaban J connectivity index is 0.00000208. The van der Waals surface area contributed by atoms with Crippen LogP contribution in [-0.4, -0.2) is 26.5 Å². The van der Waals surface area contributed by atoms with Gasteiger partial charge in [-0.1, -0.05) is 35.9 Å². The first-order valence-corrected chi connectivity index (χ1v) is 9.05. The van der Waals surface area contributed by atoms with Gasteiger partial charge in [0.1, 0.15) is 10.7 Å². The highest BCUT2D eigenvalue weighted by Gasteiger charge is 2.24. The van der Waals surface area contributed by atoms with Crippen molar-refractivity contribution < 1.29 is 8.42 Å². The second-order valence-corrected chi connectivity index (χ2v) is 7.52. The molecule has 1 aliphatic rings. The molecule has 0 fully saturated rings. The van der Waals surface area contributed by atoms with Gasteiger partial charge in [-0.25, -0.2) is 18.1 Å². The molecule has 2 aromatic rings. The summed E-state index contributed by atoms with van der Waals surface area (Å²) in [4.78, 5) is 3.68. The highest BCUT2D eigenvalue weighted by Crippen LogP contribution is 2.24. The van der Waals surface area contributed by atoms with E-state index in [-0.39, 0.29) is 40.7 Å². The molecular formula is C15H18Cl2N4O2S. The topological polar surface area (TPSA) is 97.1 Å². The van der Waals surface area contributed by atoms with Crippen molar-refractivity contribution in [3.63, 3.8) is 0 Å². The maximum absolute atomic E-state index is 12.4. The number of aromatic nitrogens is 1. The lowest BCUT2D eigenvalue weighted by Crippen LogP contribution is -2.39. The van der Waals surface area contributed by atoms with Gasteiger partial charge in [-0.2, -0.15) is 0 Å². The van der Waals surface area contributed by atoms with Crippen LogP contribution in [0.1, 0.15) is 17.2 Å². The first-order chi connectivity index (χ1) is 11.0. The van der Waals surface area contributed by atoms with E-state index in [2.05, 4.69) is 21.1 Å². The van der Waals surface area contributed by atoms with Crippen LogP contribution in [-0.2, 0) is 16.4 Å². The lowest BCUT2D eigenvalue weighted by atomic mass is 9.95. The van der Waals surface area contributed by atoms with Crippen LogP contribution in [0.25, 0.3) is 0 Å². The standard InChI is InChI=1S/C15H17ClN4O2S.ClH/c16-11-7-14(15(17)19-8-11)23(21,22)20-9-13-12-4-2-1-3-10(12)5-6-18-13;/h1-4,7-8,13,18,20H,5-6,9H2,(H2,17,19);1H. The maximum Gasteiger partial charge on any atom is 0.244 e. The molecule has 4 N–H and O–H groups in total. The minimum absolute atomic E-state index is 0. The third kappa shape index (κ3) is 3.99. The van der Waals surface area contributed by atoms with Gasteiger partial charge in [-0.15, -0.1) is 12.4 Å². The minimum atomic E-state index is -3.78. The average Bonchev–Trinajstić information content (AvgIpc) is 2.55. The molecule has 1 aromatic carbocycles. The van der Waals surface area contributed by atoms with Crippen LogP contribution in [0.3, 0.4) is 0 Å². The Morgan fingerprint density at radius 3 is 2.92 bits per heavy atom. The number of sulfonamides is 1. The second-order valence-electron chi connectivity index (χ2n) is 5.34. The normalized spacial score (nSPS) is 17.0. The molecule has 0 amide bonds. The molecule has 3 rings (SSSR count). The Bertz CT molecular complexity index is 830. The number of halogens is 2. The number of hydrogen-bond acceptors (Lipinski definition) is 5. The molecular weight excluding hydrogens is 371 g/mol. The number of nitrogens with one attached hydrogen (secondary N) is 2. The lowest BCUT2D eigenvalue weighted by molar-refractivity contribution is 0.491. The molecule has 0 bridgehead atoms. The average molecular weight is 389 g/mol. The summed E-state index contributed by atoms with van der Waals surface area (Å²) in [5, 5.41) is 3.55. The molecule has 0 aliphatic carbocycles. The van der Waals surface area contributed by atoms with E-state index < -0.39 is 10.0 Å². The highest BCUT2D eigenvalue weighted by atomic mass is 35.5. The number of rotatable bonds is 4. The van der Waals surface area contributed by atoms with Crippen LogP contribution in [0.15, 0.2) is 41.4 Å². The van der Waals surface area contributed by atoms with Crippen LogP contribution >= 0.6 is 24.0 Å². The highest BCUT2D eigenvalue weighted by molar-refractivity contribution is 7.89. The van der Waals surface area contributed by atoms with Crippen molar-refractivity contribution in [2.24, 2.45) is 0 Å². The van der Waals surface area contributed by atoms with E-state index in [0.29, 0.717) is 0 Å². The molecule has 1 aliphatic heterocycles. The van der Waals surface area contributed by atoms with Gasteiger partial charge in [0.25, 0.3) is 0 Å². The van der Waals surface area contributed by atoms with Gasteiger partial charge in [-0.3, -0.25) is 0 Å². The minimum Gasteiger partial charge on any atom is -0.383 e. The third-order valence-corrected chi connectivity index (χ3v) is 5.49. The summed E-state index contributed by atoms with van der Waals surface area (Å²) in [5.41, 5.74) is 8.00. The largest absolute Gasteiger partial charge is 0.383 e. The zero-order valence-corrected chi connectivity index (χ0v) is 15.1. The van der Waals surface area contributed by atoms with Crippen LogP contribution in [0.2, 0.25) is 5.02 Å². The molecule has 1 atom stereocenters. The summed E-state index contributed by atoms with van der Waals surface area (Å²) in [6, 6.07) is 9.24. The summed E-state index contributed by atoms with van der Waals surface area (Å²) in [5.74, 6) is -0.0705. The van der Waals surface area contributed by atoms with Crippen molar-refractivity contribution in [1.29, 1.82) is 0 Å². The third-order valence-electron chi connectivity index (χ3n) is 3.83. The monoisotopic (exact) mass is 388 g/mol. The van der Waals surface area contributed by atoms with Crippen molar-refractivity contribution in [3.8, 4) is 0 Å². The zero-order chi connectivity index (χ0) is 16.4. The summed E-state index contributed by atoms with van der Waals surface area (Å²) in [6.07, 6.45) is 2.25. The smallest absolute Gasteiger partial charge is 0.244 e. The number of benzene rings is 1. The molecule has 6 nitrogen and oxygen atoms in total. The number of pyridine rings is 1. The lowest BCUT2D eigenvalue weighted by Gasteiger charge is -2.27. The zero-order valence-electron chi connectivity index (χ0n) is 12.7. The number of nitrogen functional groups attached to an aromatic ring is 1. The summed E-state index contributed by atoms with van der Waals surface area (Å²) in [7, 11) is -3.78. The van der Waals surface area contributed by atoms with Gasteiger partial charge in [0.05, 0.1) is 5.02 Å². The Labute approximate surface area is 152 Å². The number of nitrogens with zero attached hydrogens (tertiary/aromatic N) is 1. The fraction of sp³-hybridized carbons (Fsp3) is 0.267. The SMILES string of the molecule is Cl.Nc1ncc(Cl)cc1S(=O)(=O)NCC1NCCc2ccccc21. The number of anilines is 1. The number of nitrogens with two attached hydrogens (primary N) is 1. The summed E-state index contributed by atoms with van der Waals surface area (Å²) in [6.45, 7) is 1.04. The maximum atomic E-state index is 12.4. The first kappa shape index (κ1) is 19.0. The molecule has 0 saturated carbocycles. The van der Waals surface area contributed by atoms with Crippen molar-refractivity contribution >= 4 is 39.8 Å². The van der Waals surface area contributed by atoms with E-state index in [1.807, 2.05) is 18.2 Å². The summed E-state index contributed by atoms with van der Waals surface area (Å²) < 4.78 is 27.5. The Morgan fingerprint density at radius 1 is 1.38 bits per heavy atom. The van der Waals surface area contributed by atoms with Crippen LogP contribution in [0.4, 0.5) is 5.82 Å². The van der Waals surface area contributed by atoms with Gasteiger partial charge < -0.3 is 11.1 Å². The van der Waals surface area contributed by atoms with E-state index in [4.69, 9.17) is 17.3 Å². The Kier molecular flexibility index (Phi) is 6.06. The van der Waals surface area contributed by atoms with Crippen LogP contribution in [0, 0.1) is 0 Å². The van der Waals surface area contributed by atoms with E-state index in [0.717, 1.165) is 18.5 Å². The van der Waals surface area contributed by atoms with Crippen molar-refractivity contribution in [2.45, 2.75) is 17.4 Å². The first-order valence-electron chi connectivity index (χ1n) is 7.19. The Hall–Kier alpha value is -1.38. The van der Waals surface area contributed by atoms with E-state index >= 15 is 0 Å². The fourth-order valence-electron chi connectivity index (χ4n) is 2.69. The van der Waals surface area contributed by atoms with Crippen LogP contribution in [0.5, 0.6) is 0 Å². The molecule has 24 heavy (non-hydrogen) atoms. The van der Waals surface area contributed by atoms with Gasteiger partial charge >= 0.3 is 0 Å². The van der Waals surface area contributed by atoms with E-state index in [1.54, 1.807) is 0 Å². The van der Waals surface area contributed by atoms with Gasteiger partial charge in [0.15, 0.2) is 0 Å². The number of hydrogen-bond donors (Lipinski definition) is 3. The Morgan fingerprint density at radius 2 is 2.12 bits per heavy atom. The second kappa shape index (κ2) is 7.67. The molecule has 1 unspecified atom stereocenters. The quantitative estimate of drug-likeness (QED) is 0.742. The van der Waals surface area contributed by atoms with E-state index in [1.165, 1.54) is 17.8 Å². The van der Waals surface area contributed by atoms with Crippen LogP contribution < -0.4 is 15.8 Å². The van der Waals surface area contributed by atoms with Gasteiger partial charge in [0, 0.05) is 18.8 Å². The molecule has 1 aromatic heterocycles. The number of fused-ring (bicyclic) bond motifs is 1. The fourth-order valence-corrected chi connectivity index (χ4v) is 4.07. The predicted octanol–water partition coefficient (Wildman–Crippen LogP) is 1.90. The predicted molar refractivity (Wildman–Crippen MR) is 97.0 cm³/mol. The molecule has 0 spiro atoms. The molecule has 0 radical (unpaired) electrons. The van der Waals surface area contributed by atoms with E-state index in [9.17, 15) is 8.42 Å². The van der Waals surface area contributed by atoms with Gasteiger partial charge in [0.2, 0.25) is 10.0 Å². The van der Waals surface area contributed by atoms with Crippen molar-refractivity contribution in [3.05, 3.63) is 52.7 Å². The molecule has 130 valence electrons.